The van der Waals surface area contributed by atoms with Gasteiger partial charge in [0.2, 0.25) is 5.91 Å². The minimum Gasteiger partial charge on any atom is -0.361 e. The number of hydrogen-bond donors (Lipinski definition) is 1. The quantitative estimate of drug-likeness (QED) is 0.881. The van der Waals surface area contributed by atoms with Gasteiger partial charge in [-0.15, -0.1) is 0 Å². The van der Waals surface area contributed by atoms with Crippen LogP contribution in [-0.2, 0) is 4.79 Å². The molecule has 1 aromatic rings. The van der Waals surface area contributed by atoms with E-state index in [1.807, 2.05) is 24.8 Å². The summed E-state index contributed by atoms with van der Waals surface area (Å²) in [7, 11) is 0. The van der Waals surface area contributed by atoms with Gasteiger partial charge in [0, 0.05) is 24.8 Å². The fourth-order valence-electron chi connectivity index (χ4n) is 2.23. The van der Waals surface area contributed by atoms with Gasteiger partial charge < -0.3 is 10.2 Å². The molecule has 1 N–H and O–H groups in total. The third kappa shape index (κ3) is 3.42. The Morgan fingerprint density at radius 2 is 2.00 bits per heavy atom. The van der Waals surface area contributed by atoms with E-state index in [0.717, 1.165) is 43.3 Å². The first-order chi connectivity index (χ1) is 8.65. The van der Waals surface area contributed by atoms with Crippen LogP contribution in [0.2, 0.25) is 0 Å². The zero-order valence-corrected chi connectivity index (χ0v) is 11.1. The van der Waals surface area contributed by atoms with E-state index in [9.17, 15) is 4.79 Å². The number of likely N-dealkylation sites (tertiary alicyclic amines) is 1. The molecule has 5 heteroatoms. The van der Waals surface area contributed by atoms with Crippen LogP contribution in [0.25, 0.3) is 0 Å². The Morgan fingerprint density at radius 3 is 2.67 bits per heavy atom. The molecule has 2 rings (SSSR count). The van der Waals surface area contributed by atoms with Gasteiger partial charge in [-0.05, 0) is 33.1 Å². The van der Waals surface area contributed by atoms with E-state index in [2.05, 4.69) is 15.3 Å². The summed E-state index contributed by atoms with van der Waals surface area (Å²) in [4.78, 5) is 22.4. The summed E-state index contributed by atoms with van der Waals surface area (Å²) in [5.74, 6) is 1.61. The van der Waals surface area contributed by atoms with Crippen LogP contribution in [-0.4, -0.2) is 40.4 Å². The number of amides is 1. The highest BCUT2D eigenvalue weighted by molar-refractivity contribution is 5.80. The van der Waals surface area contributed by atoms with Crippen LogP contribution in [0.15, 0.2) is 6.07 Å². The SMILES string of the molecule is Cc1cc(NCC(=O)N2CCCCC2)nc(C)n1. The first kappa shape index (κ1) is 12.8. The Morgan fingerprint density at radius 1 is 1.28 bits per heavy atom. The first-order valence-electron chi connectivity index (χ1n) is 6.49. The van der Waals surface area contributed by atoms with Crippen molar-refractivity contribution in [3.8, 4) is 0 Å². The molecular formula is C13H20N4O. The molecular weight excluding hydrogens is 228 g/mol. The van der Waals surface area contributed by atoms with Gasteiger partial charge >= 0.3 is 0 Å². The van der Waals surface area contributed by atoms with Crippen molar-refractivity contribution < 1.29 is 4.79 Å². The number of carbonyl (C=O) groups excluding carboxylic acids is 1. The van der Waals surface area contributed by atoms with E-state index in [0.29, 0.717) is 6.54 Å². The lowest BCUT2D eigenvalue weighted by atomic mass is 10.1. The summed E-state index contributed by atoms with van der Waals surface area (Å²) in [6, 6.07) is 1.86. The van der Waals surface area contributed by atoms with Crippen molar-refractivity contribution in [1.29, 1.82) is 0 Å². The normalized spacial score (nSPS) is 15.6. The van der Waals surface area contributed by atoms with Crippen LogP contribution in [0.4, 0.5) is 5.82 Å². The smallest absolute Gasteiger partial charge is 0.241 e. The molecule has 0 atom stereocenters. The highest BCUT2D eigenvalue weighted by Gasteiger charge is 2.15. The minimum atomic E-state index is 0.156. The largest absolute Gasteiger partial charge is 0.361 e. The highest BCUT2D eigenvalue weighted by atomic mass is 16.2. The van der Waals surface area contributed by atoms with Gasteiger partial charge in [-0.3, -0.25) is 4.79 Å². The first-order valence-corrected chi connectivity index (χ1v) is 6.49. The number of carbonyl (C=O) groups is 1. The highest BCUT2D eigenvalue weighted by Crippen LogP contribution is 2.09. The zero-order chi connectivity index (χ0) is 13.0. The van der Waals surface area contributed by atoms with Crippen molar-refractivity contribution in [2.75, 3.05) is 25.0 Å². The number of nitrogens with zero attached hydrogens (tertiary/aromatic N) is 3. The Balaban J connectivity index is 1.88. The number of anilines is 1. The molecule has 0 radical (unpaired) electrons. The summed E-state index contributed by atoms with van der Waals surface area (Å²) in [6.07, 6.45) is 3.48. The number of nitrogens with one attached hydrogen (secondary N) is 1. The van der Waals surface area contributed by atoms with E-state index in [-0.39, 0.29) is 5.91 Å². The molecule has 0 bridgehead atoms. The molecule has 1 saturated heterocycles. The van der Waals surface area contributed by atoms with Gasteiger partial charge in [-0.1, -0.05) is 0 Å². The van der Waals surface area contributed by atoms with Crippen molar-refractivity contribution in [1.82, 2.24) is 14.9 Å². The zero-order valence-electron chi connectivity index (χ0n) is 11.1. The molecule has 0 spiro atoms. The van der Waals surface area contributed by atoms with Gasteiger partial charge in [0.05, 0.1) is 6.54 Å². The number of aromatic nitrogens is 2. The lowest BCUT2D eigenvalue weighted by Crippen LogP contribution is -2.39. The number of rotatable bonds is 3. The molecule has 2 heterocycles. The van der Waals surface area contributed by atoms with Crippen molar-refractivity contribution in [3.05, 3.63) is 17.6 Å². The van der Waals surface area contributed by atoms with Crippen LogP contribution in [0.1, 0.15) is 30.8 Å². The van der Waals surface area contributed by atoms with Crippen molar-refractivity contribution in [2.45, 2.75) is 33.1 Å². The van der Waals surface area contributed by atoms with Gasteiger partial charge in [0.15, 0.2) is 0 Å². The molecule has 1 fully saturated rings. The van der Waals surface area contributed by atoms with E-state index < -0.39 is 0 Å². The third-order valence-corrected chi connectivity index (χ3v) is 3.10. The standard InChI is InChI=1S/C13H20N4O/c1-10-8-12(16-11(2)15-10)14-9-13(18)17-6-4-3-5-7-17/h8H,3-7,9H2,1-2H3,(H,14,15,16). The lowest BCUT2D eigenvalue weighted by molar-refractivity contribution is -0.130. The van der Waals surface area contributed by atoms with Gasteiger partial charge in [-0.2, -0.15) is 0 Å². The Labute approximate surface area is 108 Å². The van der Waals surface area contributed by atoms with Gasteiger partial charge in [-0.25, -0.2) is 9.97 Å². The lowest BCUT2D eigenvalue weighted by Gasteiger charge is -2.26. The maximum atomic E-state index is 12.0. The Hall–Kier alpha value is -1.65. The van der Waals surface area contributed by atoms with Gasteiger partial charge in [0.25, 0.3) is 0 Å². The van der Waals surface area contributed by atoms with E-state index in [1.54, 1.807) is 0 Å². The Bertz CT molecular complexity index is 407. The number of piperidine rings is 1. The summed E-state index contributed by atoms with van der Waals surface area (Å²) in [5, 5.41) is 3.08. The molecule has 98 valence electrons. The molecule has 5 nitrogen and oxygen atoms in total. The summed E-state index contributed by atoms with van der Waals surface area (Å²) in [5.41, 5.74) is 0.912. The van der Waals surface area contributed by atoms with Crippen molar-refractivity contribution >= 4 is 11.7 Å². The summed E-state index contributed by atoms with van der Waals surface area (Å²) >= 11 is 0. The van der Waals surface area contributed by atoms with Crippen LogP contribution in [0.3, 0.4) is 0 Å². The summed E-state index contributed by atoms with van der Waals surface area (Å²) in [6.45, 7) is 5.87. The number of aryl methyl sites for hydroxylation is 2. The topological polar surface area (TPSA) is 58.1 Å². The second-order valence-corrected chi connectivity index (χ2v) is 4.74. The second kappa shape index (κ2) is 5.80. The molecule has 0 aliphatic carbocycles. The monoisotopic (exact) mass is 248 g/mol. The molecule has 1 aliphatic heterocycles. The average molecular weight is 248 g/mol. The predicted octanol–water partition coefficient (Wildman–Crippen LogP) is 1.52. The fourth-order valence-corrected chi connectivity index (χ4v) is 2.23. The van der Waals surface area contributed by atoms with Crippen molar-refractivity contribution in [2.24, 2.45) is 0 Å². The maximum Gasteiger partial charge on any atom is 0.241 e. The predicted molar refractivity (Wildman–Crippen MR) is 70.4 cm³/mol. The number of hydrogen-bond acceptors (Lipinski definition) is 4. The molecule has 18 heavy (non-hydrogen) atoms. The maximum absolute atomic E-state index is 12.0. The molecule has 0 saturated carbocycles. The van der Waals surface area contributed by atoms with Crippen LogP contribution >= 0.6 is 0 Å². The van der Waals surface area contributed by atoms with Crippen molar-refractivity contribution in [3.63, 3.8) is 0 Å². The Kier molecular flexibility index (Phi) is 4.12. The van der Waals surface area contributed by atoms with Gasteiger partial charge in [0.1, 0.15) is 11.6 Å². The van der Waals surface area contributed by atoms with E-state index >= 15 is 0 Å². The van der Waals surface area contributed by atoms with Crippen LogP contribution in [0.5, 0.6) is 0 Å². The molecule has 0 aromatic carbocycles. The van der Waals surface area contributed by atoms with Crippen LogP contribution in [0, 0.1) is 13.8 Å². The average Bonchev–Trinajstić information content (AvgIpc) is 2.36. The molecule has 1 aliphatic rings. The molecule has 1 aromatic heterocycles. The molecule has 0 unspecified atom stereocenters. The summed E-state index contributed by atoms with van der Waals surface area (Å²) < 4.78 is 0. The van der Waals surface area contributed by atoms with E-state index in [4.69, 9.17) is 0 Å². The second-order valence-electron chi connectivity index (χ2n) is 4.74. The minimum absolute atomic E-state index is 0.156. The van der Waals surface area contributed by atoms with E-state index in [1.165, 1.54) is 6.42 Å². The fraction of sp³-hybridized carbons (Fsp3) is 0.615. The van der Waals surface area contributed by atoms with Crippen LogP contribution < -0.4 is 5.32 Å². The molecule has 1 amide bonds. The third-order valence-electron chi connectivity index (χ3n) is 3.10.